The maximum Gasteiger partial charge on any atom is 0.227 e. The molecule has 3 nitrogen and oxygen atoms in total. The van der Waals surface area contributed by atoms with Gasteiger partial charge in [0, 0.05) is 24.7 Å². The molecule has 2 aliphatic rings. The second kappa shape index (κ2) is 5.57. The lowest BCUT2D eigenvalue weighted by atomic mass is 9.96. The number of rotatable bonds is 2. The van der Waals surface area contributed by atoms with E-state index in [-0.39, 0.29) is 11.9 Å². The Hall–Kier alpha value is -1.35. The van der Waals surface area contributed by atoms with E-state index in [1.807, 2.05) is 4.90 Å². The van der Waals surface area contributed by atoms with Crippen LogP contribution in [0, 0.1) is 12.8 Å². The number of carbonyl (C=O) groups is 1. The molecule has 0 radical (unpaired) electrons. The molecule has 2 atom stereocenters. The van der Waals surface area contributed by atoms with Gasteiger partial charge in [-0.05, 0) is 55.7 Å². The second-order valence-corrected chi connectivity index (χ2v) is 6.34. The smallest absolute Gasteiger partial charge is 0.227 e. The highest BCUT2D eigenvalue weighted by Gasteiger charge is 2.30. The summed E-state index contributed by atoms with van der Waals surface area (Å²) in [5.74, 6) is 0.650. The summed E-state index contributed by atoms with van der Waals surface area (Å²) < 4.78 is 0. The third-order valence-electron chi connectivity index (χ3n) is 4.82. The molecule has 2 N–H and O–H groups in total. The molecule has 3 rings (SSSR count). The van der Waals surface area contributed by atoms with Crippen molar-refractivity contribution in [1.29, 1.82) is 0 Å². The fraction of sp³-hybridized carbons (Fsp3) is 0.588. The Labute approximate surface area is 121 Å². The lowest BCUT2D eigenvalue weighted by Crippen LogP contribution is -2.38. The summed E-state index contributed by atoms with van der Waals surface area (Å²) in [5, 5.41) is 0. The fourth-order valence-electron chi connectivity index (χ4n) is 3.60. The van der Waals surface area contributed by atoms with Gasteiger partial charge < -0.3 is 10.6 Å². The van der Waals surface area contributed by atoms with Crippen LogP contribution in [0.25, 0.3) is 0 Å². The van der Waals surface area contributed by atoms with E-state index >= 15 is 0 Å². The number of carbonyl (C=O) groups excluding carboxylic acids is 1. The Balaban J connectivity index is 1.77. The third-order valence-corrected chi connectivity index (χ3v) is 4.82. The van der Waals surface area contributed by atoms with E-state index < -0.39 is 0 Å². The highest BCUT2D eigenvalue weighted by atomic mass is 16.2. The predicted molar refractivity (Wildman–Crippen MR) is 81.8 cm³/mol. The van der Waals surface area contributed by atoms with Gasteiger partial charge in [-0.2, -0.15) is 0 Å². The summed E-state index contributed by atoms with van der Waals surface area (Å²) in [6, 6.07) is 6.69. The van der Waals surface area contributed by atoms with Crippen molar-refractivity contribution in [3.05, 3.63) is 29.3 Å². The fourth-order valence-corrected chi connectivity index (χ4v) is 3.60. The van der Waals surface area contributed by atoms with E-state index in [0.717, 1.165) is 37.9 Å². The topological polar surface area (TPSA) is 46.3 Å². The largest absolute Gasteiger partial charge is 0.327 e. The first-order chi connectivity index (χ1) is 9.65. The summed E-state index contributed by atoms with van der Waals surface area (Å²) in [7, 11) is 0. The molecule has 108 valence electrons. The van der Waals surface area contributed by atoms with Crippen LogP contribution in [-0.4, -0.2) is 18.5 Å². The van der Waals surface area contributed by atoms with Gasteiger partial charge in [0.05, 0.1) is 0 Å². The summed E-state index contributed by atoms with van der Waals surface area (Å²) in [4.78, 5) is 14.6. The molecule has 20 heavy (non-hydrogen) atoms. The van der Waals surface area contributed by atoms with Crippen molar-refractivity contribution in [2.45, 2.75) is 51.5 Å². The summed E-state index contributed by atoms with van der Waals surface area (Å²) in [6.45, 7) is 2.95. The minimum Gasteiger partial charge on any atom is -0.327 e. The van der Waals surface area contributed by atoms with Crippen molar-refractivity contribution < 1.29 is 4.79 Å². The highest BCUT2D eigenvalue weighted by Crippen LogP contribution is 2.32. The SMILES string of the molecule is Cc1ccc2c(c1)N(C(=O)C[C@@H]1CCC[C@H]1N)CCC2. The number of fused-ring (bicyclic) bond motifs is 1. The molecule has 1 amide bonds. The number of hydrogen-bond donors (Lipinski definition) is 1. The molecule has 1 heterocycles. The Morgan fingerprint density at radius 3 is 2.95 bits per heavy atom. The lowest BCUT2D eigenvalue weighted by molar-refractivity contribution is -0.119. The maximum atomic E-state index is 12.6. The Morgan fingerprint density at radius 2 is 2.20 bits per heavy atom. The molecule has 0 bridgehead atoms. The maximum absolute atomic E-state index is 12.6. The van der Waals surface area contributed by atoms with Crippen LogP contribution >= 0.6 is 0 Å². The monoisotopic (exact) mass is 272 g/mol. The second-order valence-electron chi connectivity index (χ2n) is 6.34. The minimum atomic E-state index is 0.223. The average Bonchev–Trinajstić information content (AvgIpc) is 2.83. The van der Waals surface area contributed by atoms with Gasteiger partial charge in [0.25, 0.3) is 0 Å². The molecular formula is C17H24N2O. The van der Waals surface area contributed by atoms with Crippen LogP contribution in [-0.2, 0) is 11.2 Å². The number of nitrogens with two attached hydrogens (primary N) is 1. The molecule has 1 aromatic carbocycles. The van der Waals surface area contributed by atoms with Gasteiger partial charge >= 0.3 is 0 Å². The van der Waals surface area contributed by atoms with Gasteiger partial charge in [-0.25, -0.2) is 0 Å². The van der Waals surface area contributed by atoms with E-state index in [4.69, 9.17) is 5.73 Å². The summed E-state index contributed by atoms with van der Waals surface area (Å²) >= 11 is 0. The van der Waals surface area contributed by atoms with Crippen LogP contribution in [0.2, 0.25) is 0 Å². The Kier molecular flexibility index (Phi) is 3.79. The van der Waals surface area contributed by atoms with Gasteiger partial charge in [-0.15, -0.1) is 0 Å². The molecule has 0 aromatic heterocycles. The lowest BCUT2D eigenvalue weighted by Gasteiger charge is -2.31. The number of benzene rings is 1. The summed E-state index contributed by atoms with van der Waals surface area (Å²) in [6.07, 6.45) is 6.14. The average molecular weight is 272 g/mol. The van der Waals surface area contributed by atoms with Crippen molar-refractivity contribution >= 4 is 11.6 Å². The molecule has 1 aliphatic carbocycles. The zero-order chi connectivity index (χ0) is 14.1. The van der Waals surface area contributed by atoms with Crippen molar-refractivity contribution in [3.63, 3.8) is 0 Å². The Bertz CT molecular complexity index is 512. The number of hydrogen-bond acceptors (Lipinski definition) is 2. The van der Waals surface area contributed by atoms with E-state index in [2.05, 4.69) is 25.1 Å². The van der Waals surface area contributed by atoms with Gasteiger partial charge in [0.15, 0.2) is 0 Å². The molecule has 0 unspecified atom stereocenters. The van der Waals surface area contributed by atoms with E-state index in [1.165, 1.54) is 17.5 Å². The first-order valence-electron chi connectivity index (χ1n) is 7.80. The standard InChI is InChI=1S/C17H24N2O/c1-12-7-8-13-5-3-9-19(16(13)10-12)17(20)11-14-4-2-6-15(14)18/h7-8,10,14-15H,2-6,9,11,18H2,1H3/t14-,15+/m0/s1. The zero-order valence-electron chi connectivity index (χ0n) is 12.3. The zero-order valence-corrected chi connectivity index (χ0v) is 12.3. The van der Waals surface area contributed by atoms with Crippen LogP contribution < -0.4 is 10.6 Å². The van der Waals surface area contributed by atoms with Gasteiger partial charge in [-0.1, -0.05) is 18.6 Å². The highest BCUT2D eigenvalue weighted by molar-refractivity contribution is 5.94. The van der Waals surface area contributed by atoms with E-state index in [0.29, 0.717) is 12.3 Å². The molecule has 1 aromatic rings. The van der Waals surface area contributed by atoms with Crippen molar-refractivity contribution in [2.75, 3.05) is 11.4 Å². The van der Waals surface area contributed by atoms with Crippen molar-refractivity contribution in [2.24, 2.45) is 11.7 Å². The third kappa shape index (κ3) is 2.59. The molecule has 1 fully saturated rings. The normalized spacial score (nSPS) is 25.6. The van der Waals surface area contributed by atoms with Gasteiger partial charge in [0.2, 0.25) is 5.91 Å². The minimum absolute atomic E-state index is 0.223. The number of amides is 1. The predicted octanol–water partition coefficient (Wildman–Crippen LogP) is 2.79. The van der Waals surface area contributed by atoms with Crippen LogP contribution in [0.5, 0.6) is 0 Å². The molecule has 1 saturated carbocycles. The van der Waals surface area contributed by atoms with Gasteiger partial charge in [-0.3, -0.25) is 4.79 Å². The first kappa shape index (κ1) is 13.6. The molecule has 3 heteroatoms. The number of anilines is 1. The first-order valence-corrected chi connectivity index (χ1v) is 7.80. The van der Waals surface area contributed by atoms with Crippen LogP contribution in [0.3, 0.4) is 0 Å². The Morgan fingerprint density at radius 1 is 1.35 bits per heavy atom. The van der Waals surface area contributed by atoms with Crippen LogP contribution in [0.4, 0.5) is 5.69 Å². The molecule has 0 saturated heterocycles. The van der Waals surface area contributed by atoms with Crippen LogP contribution in [0.15, 0.2) is 18.2 Å². The number of nitrogens with zero attached hydrogens (tertiary/aromatic N) is 1. The molecule has 0 spiro atoms. The number of aryl methyl sites for hydroxylation is 2. The molecular weight excluding hydrogens is 248 g/mol. The summed E-state index contributed by atoms with van der Waals surface area (Å²) in [5.41, 5.74) is 9.77. The molecule has 1 aliphatic heterocycles. The van der Waals surface area contributed by atoms with Crippen molar-refractivity contribution in [1.82, 2.24) is 0 Å². The van der Waals surface area contributed by atoms with E-state index in [9.17, 15) is 4.79 Å². The quantitative estimate of drug-likeness (QED) is 0.900. The van der Waals surface area contributed by atoms with Crippen LogP contribution in [0.1, 0.15) is 43.2 Å². The van der Waals surface area contributed by atoms with E-state index in [1.54, 1.807) is 0 Å². The van der Waals surface area contributed by atoms with Crippen molar-refractivity contribution in [3.8, 4) is 0 Å². The van der Waals surface area contributed by atoms with Gasteiger partial charge in [0.1, 0.15) is 0 Å².